The number of carbonyl (C=O) groups excluding carboxylic acids is 2. The molecule has 7 heteroatoms. The number of hydrogen-bond donors (Lipinski definition) is 2. The van der Waals surface area contributed by atoms with Gasteiger partial charge in [0.05, 0.1) is 5.25 Å². The maximum Gasteiger partial charge on any atom is 0.243 e. The number of amides is 2. The lowest BCUT2D eigenvalue weighted by atomic mass is 10.1. The minimum Gasteiger partial charge on any atom is -0.370 e. The molecule has 3 rings (SSSR count). The monoisotopic (exact) mass is 415 g/mol. The van der Waals surface area contributed by atoms with Crippen LogP contribution in [-0.4, -0.2) is 48.5 Å². The van der Waals surface area contributed by atoms with Crippen molar-refractivity contribution in [1.82, 2.24) is 10.6 Å². The molecule has 0 radical (unpaired) electrons. The molecule has 0 aliphatic carbocycles. The van der Waals surface area contributed by atoms with Gasteiger partial charge in [0.2, 0.25) is 11.8 Å². The zero-order valence-electron chi connectivity index (χ0n) is 16.6. The summed E-state index contributed by atoms with van der Waals surface area (Å²) in [7, 11) is 1.98. The van der Waals surface area contributed by atoms with E-state index in [4.69, 9.17) is 0 Å². The number of thioether (sulfide) groups is 1. The van der Waals surface area contributed by atoms with E-state index in [9.17, 15) is 14.0 Å². The van der Waals surface area contributed by atoms with Gasteiger partial charge in [-0.2, -0.15) is 0 Å². The van der Waals surface area contributed by atoms with Gasteiger partial charge in [-0.15, -0.1) is 11.8 Å². The van der Waals surface area contributed by atoms with E-state index in [0.717, 1.165) is 5.69 Å². The second kappa shape index (κ2) is 9.78. The number of halogens is 1. The third kappa shape index (κ3) is 5.50. The standard InChI is InChI=1S/C22H26FN3O2S/c1-15(26(2)17-9-4-3-5-10-17)13-24-21(27)19-14-29-20(22(28)25-19)12-16-8-6-7-11-18(16)23/h3-11,15,19-20H,12-14H2,1-2H3,(H,24,27)(H,25,28). The summed E-state index contributed by atoms with van der Waals surface area (Å²) in [5.41, 5.74) is 1.59. The number of nitrogens with one attached hydrogen (secondary N) is 2. The molecule has 1 saturated heterocycles. The molecule has 2 amide bonds. The smallest absolute Gasteiger partial charge is 0.243 e. The zero-order chi connectivity index (χ0) is 20.8. The molecule has 2 aromatic carbocycles. The van der Waals surface area contributed by atoms with Crippen LogP contribution in [0, 0.1) is 5.82 Å². The molecule has 1 heterocycles. The summed E-state index contributed by atoms with van der Waals surface area (Å²) in [6.45, 7) is 2.51. The van der Waals surface area contributed by atoms with Crippen LogP contribution in [0.25, 0.3) is 0 Å². The fourth-order valence-electron chi connectivity index (χ4n) is 3.18. The molecule has 1 fully saturated rings. The summed E-state index contributed by atoms with van der Waals surface area (Å²) in [6, 6.07) is 16.0. The molecule has 5 nitrogen and oxygen atoms in total. The predicted octanol–water partition coefficient (Wildman–Crippen LogP) is 2.61. The number of likely N-dealkylation sites (N-methyl/N-ethyl adjacent to an activating group) is 1. The maximum atomic E-state index is 13.8. The van der Waals surface area contributed by atoms with Gasteiger partial charge in [-0.3, -0.25) is 9.59 Å². The first-order valence-electron chi connectivity index (χ1n) is 9.66. The van der Waals surface area contributed by atoms with Gasteiger partial charge in [0, 0.05) is 31.1 Å². The molecule has 0 saturated carbocycles. The fourth-order valence-corrected chi connectivity index (χ4v) is 4.35. The average molecular weight is 416 g/mol. The molecule has 0 bridgehead atoms. The molecule has 2 N–H and O–H groups in total. The topological polar surface area (TPSA) is 61.4 Å². The van der Waals surface area contributed by atoms with E-state index in [1.54, 1.807) is 18.2 Å². The molecule has 1 aliphatic rings. The van der Waals surface area contributed by atoms with E-state index in [1.165, 1.54) is 17.8 Å². The third-order valence-electron chi connectivity index (χ3n) is 5.15. The van der Waals surface area contributed by atoms with Crippen molar-refractivity contribution in [3.05, 3.63) is 66.0 Å². The van der Waals surface area contributed by atoms with Crippen LogP contribution in [0.4, 0.5) is 10.1 Å². The molecule has 0 spiro atoms. The van der Waals surface area contributed by atoms with E-state index >= 15 is 0 Å². The molecule has 3 unspecified atom stereocenters. The highest BCUT2D eigenvalue weighted by molar-refractivity contribution is 8.00. The van der Waals surface area contributed by atoms with Crippen LogP contribution in [-0.2, 0) is 16.0 Å². The highest BCUT2D eigenvalue weighted by Crippen LogP contribution is 2.23. The van der Waals surface area contributed by atoms with Gasteiger partial charge in [0.15, 0.2) is 0 Å². The van der Waals surface area contributed by atoms with Crippen molar-refractivity contribution in [1.29, 1.82) is 0 Å². The lowest BCUT2D eigenvalue weighted by molar-refractivity contribution is -0.128. The van der Waals surface area contributed by atoms with Crippen molar-refractivity contribution in [2.24, 2.45) is 0 Å². The van der Waals surface area contributed by atoms with Crippen molar-refractivity contribution < 1.29 is 14.0 Å². The lowest BCUT2D eigenvalue weighted by Gasteiger charge is -2.30. The Labute approximate surface area is 175 Å². The number of para-hydroxylation sites is 1. The van der Waals surface area contributed by atoms with Gasteiger partial charge in [0.25, 0.3) is 0 Å². The number of carbonyl (C=O) groups is 2. The van der Waals surface area contributed by atoms with Crippen molar-refractivity contribution in [3.63, 3.8) is 0 Å². The molecule has 1 aliphatic heterocycles. The van der Waals surface area contributed by atoms with Crippen LogP contribution in [0.2, 0.25) is 0 Å². The molecule has 154 valence electrons. The van der Waals surface area contributed by atoms with Crippen LogP contribution in [0.15, 0.2) is 54.6 Å². The second-order valence-corrected chi connectivity index (χ2v) is 8.46. The number of anilines is 1. The van der Waals surface area contributed by atoms with Crippen molar-refractivity contribution in [3.8, 4) is 0 Å². The average Bonchev–Trinajstić information content (AvgIpc) is 2.74. The van der Waals surface area contributed by atoms with E-state index in [2.05, 4.69) is 15.5 Å². The first kappa shape index (κ1) is 21.2. The molecular weight excluding hydrogens is 389 g/mol. The van der Waals surface area contributed by atoms with Crippen molar-refractivity contribution in [2.75, 3.05) is 24.2 Å². The summed E-state index contributed by atoms with van der Waals surface area (Å²) >= 11 is 1.40. The van der Waals surface area contributed by atoms with Crippen molar-refractivity contribution >= 4 is 29.3 Å². The van der Waals surface area contributed by atoms with Crippen LogP contribution >= 0.6 is 11.8 Å². The minimum absolute atomic E-state index is 0.0992. The first-order valence-corrected chi connectivity index (χ1v) is 10.7. The van der Waals surface area contributed by atoms with Crippen LogP contribution in [0.3, 0.4) is 0 Å². The van der Waals surface area contributed by atoms with Gasteiger partial charge < -0.3 is 15.5 Å². The summed E-state index contributed by atoms with van der Waals surface area (Å²) < 4.78 is 13.8. The highest BCUT2D eigenvalue weighted by atomic mass is 32.2. The van der Waals surface area contributed by atoms with Crippen LogP contribution in [0.1, 0.15) is 12.5 Å². The molecule has 2 aromatic rings. The summed E-state index contributed by atoms with van der Waals surface area (Å²) in [5, 5.41) is 5.32. The quantitative estimate of drug-likeness (QED) is 0.730. The predicted molar refractivity (Wildman–Crippen MR) is 116 cm³/mol. The van der Waals surface area contributed by atoms with E-state index in [0.29, 0.717) is 24.3 Å². The van der Waals surface area contributed by atoms with E-state index < -0.39 is 6.04 Å². The van der Waals surface area contributed by atoms with Crippen LogP contribution in [0.5, 0.6) is 0 Å². The zero-order valence-corrected chi connectivity index (χ0v) is 17.4. The molecule has 3 atom stereocenters. The third-order valence-corrected chi connectivity index (χ3v) is 6.46. The Morgan fingerprint density at radius 3 is 2.62 bits per heavy atom. The maximum absolute atomic E-state index is 13.8. The first-order chi connectivity index (χ1) is 14.0. The molecule has 0 aromatic heterocycles. The normalized spacial score (nSPS) is 19.9. The Morgan fingerprint density at radius 1 is 1.24 bits per heavy atom. The molecular formula is C22H26FN3O2S. The second-order valence-electron chi connectivity index (χ2n) is 7.22. The van der Waals surface area contributed by atoms with E-state index in [-0.39, 0.29) is 28.9 Å². The Bertz CT molecular complexity index is 849. The number of rotatable bonds is 7. The largest absolute Gasteiger partial charge is 0.370 e. The van der Waals surface area contributed by atoms with Gasteiger partial charge in [-0.25, -0.2) is 4.39 Å². The summed E-state index contributed by atoms with van der Waals surface area (Å²) in [6.07, 6.45) is 0.316. The number of nitrogens with zero attached hydrogens (tertiary/aromatic N) is 1. The minimum atomic E-state index is -0.571. The van der Waals surface area contributed by atoms with Gasteiger partial charge >= 0.3 is 0 Å². The Morgan fingerprint density at radius 2 is 1.93 bits per heavy atom. The Balaban J connectivity index is 1.48. The molecule has 29 heavy (non-hydrogen) atoms. The SMILES string of the molecule is CC(CNC(=O)C1CSC(Cc2ccccc2F)C(=O)N1)N(C)c1ccccc1. The lowest BCUT2D eigenvalue weighted by Crippen LogP contribution is -2.55. The van der Waals surface area contributed by atoms with E-state index in [1.807, 2.05) is 44.3 Å². The fraction of sp³-hybridized carbons (Fsp3) is 0.364. The number of benzene rings is 2. The van der Waals surface area contributed by atoms with Crippen LogP contribution < -0.4 is 15.5 Å². The Hall–Kier alpha value is -2.54. The van der Waals surface area contributed by atoms with Gasteiger partial charge in [-0.05, 0) is 37.1 Å². The summed E-state index contributed by atoms with van der Waals surface area (Å²) in [5.74, 6) is -0.250. The van der Waals surface area contributed by atoms with Gasteiger partial charge in [-0.1, -0.05) is 36.4 Å². The number of hydrogen-bond acceptors (Lipinski definition) is 4. The van der Waals surface area contributed by atoms with Crippen molar-refractivity contribution in [2.45, 2.75) is 30.7 Å². The summed E-state index contributed by atoms with van der Waals surface area (Å²) in [4.78, 5) is 27.0. The highest BCUT2D eigenvalue weighted by Gasteiger charge is 2.32. The van der Waals surface area contributed by atoms with Gasteiger partial charge in [0.1, 0.15) is 11.9 Å². The Kier molecular flexibility index (Phi) is 7.14.